The quantitative estimate of drug-likeness (QED) is 0.496. The molecule has 1 N–H and O–H groups in total. The summed E-state index contributed by atoms with van der Waals surface area (Å²) in [7, 11) is 1.78. The second-order valence-corrected chi connectivity index (χ2v) is 3.72. The fraction of sp³-hybridized carbons (Fsp3) is 0.667. The third kappa shape index (κ3) is 4.35. The van der Waals surface area contributed by atoms with E-state index in [2.05, 4.69) is 18.5 Å². The summed E-state index contributed by atoms with van der Waals surface area (Å²) in [6, 6.07) is 0. The van der Waals surface area contributed by atoms with Gasteiger partial charge in [-0.15, -0.1) is 0 Å². The van der Waals surface area contributed by atoms with Gasteiger partial charge in [0.15, 0.2) is 0 Å². The maximum absolute atomic E-state index is 7.87. The van der Waals surface area contributed by atoms with Gasteiger partial charge >= 0.3 is 0 Å². The maximum Gasteiger partial charge on any atom is 0.0315 e. The Bertz CT molecular complexity index is 239. The van der Waals surface area contributed by atoms with Gasteiger partial charge in [0.25, 0.3) is 0 Å². The van der Waals surface area contributed by atoms with Crippen molar-refractivity contribution in [3.8, 4) is 0 Å². The van der Waals surface area contributed by atoms with Crippen LogP contribution in [0.3, 0.4) is 0 Å². The van der Waals surface area contributed by atoms with Gasteiger partial charge in [0, 0.05) is 24.4 Å². The van der Waals surface area contributed by atoms with Crippen molar-refractivity contribution in [3.63, 3.8) is 0 Å². The summed E-state index contributed by atoms with van der Waals surface area (Å²) in [6.07, 6.45) is 2.78. The number of aliphatic imine (C=N–C) groups is 1. The normalized spacial score (nSPS) is 13.9. The van der Waals surface area contributed by atoms with Crippen molar-refractivity contribution in [2.75, 3.05) is 7.05 Å². The van der Waals surface area contributed by atoms with Gasteiger partial charge in [-0.25, -0.2) is 0 Å². The molecule has 0 bridgehead atoms. The van der Waals surface area contributed by atoms with Crippen LogP contribution < -0.4 is 0 Å². The number of hydrogen-bond acceptors (Lipinski definition) is 2. The van der Waals surface area contributed by atoms with Crippen LogP contribution in [0.1, 0.15) is 40.0 Å². The fourth-order valence-electron chi connectivity index (χ4n) is 1.15. The number of nitrogens with one attached hydrogen (secondary N) is 1. The van der Waals surface area contributed by atoms with Crippen LogP contribution in [0, 0.1) is 11.3 Å². The molecule has 0 spiro atoms. The van der Waals surface area contributed by atoms with E-state index in [9.17, 15) is 0 Å². The van der Waals surface area contributed by atoms with E-state index in [1.54, 1.807) is 7.05 Å². The zero-order valence-electron chi connectivity index (χ0n) is 9.85. The first kappa shape index (κ1) is 13.1. The van der Waals surface area contributed by atoms with Crippen LogP contribution in [0.25, 0.3) is 0 Å². The molecule has 0 fully saturated rings. The molecular weight excluding hydrogens is 172 g/mol. The molecule has 0 saturated carbocycles. The van der Waals surface area contributed by atoms with E-state index in [1.807, 2.05) is 13.8 Å². The standard InChI is InChI=1S/C12H22N2/c1-6-9(2)7-8-12(13)10(3)11(4)14-5/h10,13H,2,6-8H2,1,3-5H3. The van der Waals surface area contributed by atoms with Gasteiger partial charge in [-0.05, 0) is 26.2 Å². The molecule has 0 aromatic heterocycles. The van der Waals surface area contributed by atoms with E-state index in [1.165, 1.54) is 5.57 Å². The molecule has 2 heteroatoms. The second kappa shape index (κ2) is 6.52. The monoisotopic (exact) mass is 194 g/mol. The summed E-state index contributed by atoms with van der Waals surface area (Å²) in [4.78, 5) is 4.11. The number of nitrogens with zero attached hydrogens (tertiary/aromatic N) is 1. The predicted octanol–water partition coefficient (Wildman–Crippen LogP) is 3.48. The fourth-order valence-corrected chi connectivity index (χ4v) is 1.15. The largest absolute Gasteiger partial charge is 0.309 e. The number of allylic oxidation sites excluding steroid dienone is 1. The van der Waals surface area contributed by atoms with Gasteiger partial charge in [-0.2, -0.15) is 0 Å². The third-order valence-electron chi connectivity index (χ3n) is 2.75. The molecule has 1 unspecified atom stereocenters. The molecule has 0 rings (SSSR count). The predicted molar refractivity (Wildman–Crippen MR) is 64.6 cm³/mol. The molecule has 2 nitrogen and oxygen atoms in total. The zero-order chi connectivity index (χ0) is 11.1. The van der Waals surface area contributed by atoms with E-state index in [4.69, 9.17) is 5.41 Å². The van der Waals surface area contributed by atoms with E-state index in [0.29, 0.717) is 0 Å². The molecular formula is C12H22N2. The van der Waals surface area contributed by atoms with Crippen LogP contribution in [-0.2, 0) is 0 Å². The van der Waals surface area contributed by atoms with Crippen LogP contribution in [-0.4, -0.2) is 18.5 Å². The van der Waals surface area contributed by atoms with E-state index in [0.717, 1.165) is 30.7 Å². The van der Waals surface area contributed by atoms with Crippen molar-refractivity contribution >= 4 is 11.4 Å². The summed E-state index contributed by atoms with van der Waals surface area (Å²) in [5.41, 5.74) is 3.04. The first-order valence-corrected chi connectivity index (χ1v) is 5.20. The minimum absolute atomic E-state index is 0.185. The summed E-state index contributed by atoms with van der Waals surface area (Å²) in [5.74, 6) is 0.185. The molecule has 0 aromatic carbocycles. The van der Waals surface area contributed by atoms with E-state index < -0.39 is 0 Å². The lowest BCUT2D eigenvalue weighted by molar-refractivity contribution is 0.886. The first-order chi connectivity index (χ1) is 6.52. The number of hydrogen-bond donors (Lipinski definition) is 1. The average molecular weight is 194 g/mol. The lowest BCUT2D eigenvalue weighted by Crippen LogP contribution is -2.18. The topological polar surface area (TPSA) is 36.2 Å². The summed E-state index contributed by atoms with van der Waals surface area (Å²) in [5, 5.41) is 7.87. The lowest BCUT2D eigenvalue weighted by Gasteiger charge is -2.12. The highest BCUT2D eigenvalue weighted by atomic mass is 14.7. The van der Waals surface area contributed by atoms with Crippen LogP contribution >= 0.6 is 0 Å². The van der Waals surface area contributed by atoms with Crippen molar-refractivity contribution < 1.29 is 0 Å². The first-order valence-electron chi connectivity index (χ1n) is 5.20. The third-order valence-corrected chi connectivity index (χ3v) is 2.75. The molecule has 0 aliphatic rings. The molecule has 0 aromatic rings. The van der Waals surface area contributed by atoms with Gasteiger partial charge < -0.3 is 5.41 Å². The Morgan fingerprint density at radius 3 is 2.43 bits per heavy atom. The highest BCUT2D eigenvalue weighted by Crippen LogP contribution is 2.11. The van der Waals surface area contributed by atoms with Gasteiger partial charge in [0.2, 0.25) is 0 Å². The van der Waals surface area contributed by atoms with Gasteiger partial charge in [0.1, 0.15) is 0 Å². The van der Waals surface area contributed by atoms with Crippen molar-refractivity contribution in [2.45, 2.75) is 40.0 Å². The SMILES string of the molecule is C=C(CC)CCC(=N)C(C)C(C)=NC. The summed E-state index contributed by atoms with van der Waals surface area (Å²) < 4.78 is 0. The molecule has 0 amide bonds. The van der Waals surface area contributed by atoms with Gasteiger partial charge in [0.05, 0.1) is 0 Å². The highest BCUT2D eigenvalue weighted by molar-refractivity contribution is 6.04. The smallest absolute Gasteiger partial charge is 0.0315 e. The Kier molecular flexibility index (Phi) is 6.09. The Balaban J connectivity index is 4.03. The Hall–Kier alpha value is -0.920. The molecule has 80 valence electrons. The molecule has 0 heterocycles. The Labute approximate surface area is 87.6 Å². The van der Waals surface area contributed by atoms with Crippen molar-refractivity contribution in [1.82, 2.24) is 0 Å². The Morgan fingerprint density at radius 2 is 2.00 bits per heavy atom. The van der Waals surface area contributed by atoms with E-state index in [-0.39, 0.29) is 5.92 Å². The molecule has 1 atom stereocenters. The summed E-state index contributed by atoms with van der Waals surface area (Å²) >= 11 is 0. The minimum Gasteiger partial charge on any atom is -0.309 e. The van der Waals surface area contributed by atoms with Gasteiger partial charge in [-0.3, -0.25) is 4.99 Å². The lowest BCUT2D eigenvalue weighted by atomic mass is 9.95. The molecule has 0 saturated heterocycles. The summed E-state index contributed by atoms with van der Waals surface area (Å²) in [6.45, 7) is 10.1. The maximum atomic E-state index is 7.87. The van der Waals surface area contributed by atoms with E-state index >= 15 is 0 Å². The van der Waals surface area contributed by atoms with Crippen molar-refractivity contribution in [1.29, 1.82) is 5.41 Å². The zero-order valence-corrected chi connectivity index (χ0v) is 9.85. The van der Waals surface area contributed by atoms with Crippen molar-refractivity contribution in [3.05, 3.63) is 12.2 Å². The van der Waals surface area contributed by atoms with Crippen LogP contribution in [0.4, 0.5) is 0 Å². The van der Waals surface area contributed by atoms with Gasteiger partial charge in [-0.1, -0.05) is 26.0 Å². The molecule has 0 radical (unpaired) electrons. The van der Waals surface area contributed by atoms with Crippen LogP contribution in [0.2, 0.25) is 0 Å². The van der Waals surface area contributed by atoms with Crippen molar-refractivity contribution in [2.24, 2.45) is 10.9 Å². The molecule has 14 heavy (non-hydrogen) atoms. The minimum atomic E-state index is 0.185. The van der Waals surface area contributed by atoms with Crippen LogP contribution in [0.15, 0.2) is 17.1 Å². The highest BCUT2D eigenvalue weighted by Gasteiger charge is 2.11. The molecule has 0 aliphatic carbocycles. The second-order valence-electron chi connectivity index (χ2n) is 3.72. The molecule has 0 aliphatic heterocycles. The number of rotatable bonds is 6. The average Bonchev–Trinajstić information content (AvgIpc) is 2.22. The van der Waals surface area contributed by atoms with Crippen LogP contribution in [0.5, 0.6) is 0 Å². The Morgan fingerprint density at radius 1 is 1.43 bits per heavy atom.